The number of hydrogen-bond acceptors (Lipinski definition) is 4. The second kappa shape index (κ2) is 14.7. The number of aryl methyl sites for hydroxylation is 2. The number of carbonyl (C=O) groups is 2. The van der Waals surface area contributed by atoms with Crippen LogP contribution in [0.4, 0.5) is 0 Å². The van der Waals surface area contributed by atoms with Crippen LogP contribution in [0.15, 0.2) is 67.0 Å². The highest BCUT2D eigenvalue weighted by Crippen LogP contribution is 2.40. The Hall–Kier alpha value is -3.77. The number of pyridine rings is 1. The van der Waals surface area contributed by atoms with E-state index in [-0.39, 0.29) is 5.41 Å². The van der Waals surface area contributed by atoms with E-state index in [9.17, 15) is 9.59 Å². The minimum atomic E-state index is -0.0122. The third-order valence-electron chi connectivity index (χ3n) is 7.95. The van der Waals surface area contributed by atoms with Gasteiger partial charge in [0.1, 0.15) is 6.29 Å². The van der Waals surface area contributed by atoms with Crippen molar-refractivity contribution in [3.8, 4) is 22.4 Å². The van der Waals surface area contributed by atoms with Crippen molar-refractivity contribution in [2.24, 2.45) is 5.41 Å². The first-order valence-electron chi connectivity index (χ1n) is 15.0. The summed E-state index contributed by atoms with van der Waals surface area (Å²) in [6, 6.07) is 20.0. The number of aldehydes is 1. The maximum absolute atomic E-state index is 11.2. The molecule has 2 N–H and O–H groups in total. The molecule has 41 heavy (non-hydrogen) atoms. The molecule has 2 aromatic carbocycles. The van der Waals surface area contributed by atoms with Crippen LogP contribution in [0.3, 0.4) is 0 Å². The molecule has 1 amide bonds. The van der Waals surface area contributed by atoms with Crippen LogP contribution in [0.1, 0.15) is 70.4 Å². The Kier molecular flexibility index (Phi) is 10.9. The van der Waals surface area contributed by atoms with E-state index in [1.165, 1.54) is 45.3 Å². The lowest BCUT2D eigenvalue weighted by atomic mass is 9.80. The van der Waals surface area contributed by atoms with Gasteiger partial charge < -0.3 is 9.36 Å². The van der Waals surface area contributed by atoms with Gasteiger partial charge in [-0.25, -0.2) is 5.43 Å². The van der Waals surface area contributed by atoms with E-state index in [0.29, 0.717) is 12.8 Å². The number of hydrogen-bond donors (Lipinski definition) is 2. The largest absolute Gasteiger partial charge is 0.340 e. The highest BCUT2D eigenvalue weighted by Gasteiger charge is 2.25. The Morgan fingerprint density at radius 3 is 2.49 bits per heavy atom. The Morgan fingerprint density at radius 1 is 0.927 bits per heavy atom. The van der Waals surface area contributed by atoms with E-state index in [1.54, 1.807) is 0 Å². The fourth-order valence-electron chi connectivity index (χ4n) is 5.88. The zero-order chi connectivity index (χ0) is 29.1. The number of benzene rings is 2. The molecule has 0 aliphatic carbocycles. The van der Waals surface area contributed by atoms with Crippen LogP contribution in [0, 0.1) is 5.41 Å². The standard InChI is InChI=1S/C35H44N4O2/c1-4-39-33-17-16-29(28-14-9-13-27(22-28)12-7-5-6-8-20-37-38-26-41)23-31(33)32(24-35(2,3)18-11-21-40)34(39)30-15-10-19-36-25-30/h9-10,13-17,19,21-23,25-26,37H,4-8,11-12,18,20,24H2,1-3H3,(H,38,41). The van der Waals surface area contributed by atoms with E-state index in [2.05, 4.69) is 89.7 Å². The summed E-state index contributed by atoms with van der Waals surface area (Å²) in [6.07, 6.45) is 13.4. The molecule has 6 heteroatoms. The average Bonchev–Trinajstić information content (AvgIpc) is 3.29. The molecule has 0 bridgehead atoms. The molecule has 4 rings (SSSR count). The second-order valence-electron chi connectivity index (χ2n) is 11.6. The molecular formula is C35H44N4O2. The van der Waals surface area contributed by atoms with Gasteiger partial charge in [0.25, 0.3) is 0 Å². The molecule has 216 valence electrons. The highest BCUT2D eigenvalue weighted by atomic mass is 16.1. The maximum atomic E-state index is 11.2. The number of amides is 1. The zero-order valence-electron chi connectivity index (χ0n) is 24.8. The molecule has 0 unspecified atom stereocenters. The average molecular weight is 553 g/mol. The number of rotatable bonds is 17. The monoisotopic (exact) mass is 552 g/mol. The summed E-state index contributed by atoms with van der Waals surface area (Å²) < 4.78 is 2.42. The van der Waals surface area contributed by atoms with Crippen LogP contribution >= 0.6 is 0 Å². The molecule has 0 fully saturated rings. The third kappa shape index (κ3) is 7.92. The summed E-state index contributed by atoms with van der Waals surface area (Å²) in [7, 11) is 0. The SMILES string of the molecule is CCn1c(-c2cccnc2)c(CC(C)(C)CCC=O)c2cc(-c3cccc(CCCCCCNNC=O)c3)ccc21. The fraction of sp³-hybridized carbons (Fsp3) is 0.400. The van der Waals surface area contributed by atoms with Gasteiger partial charge in [-0.1, -0.05) is 57.0 Å². The van der Waals surface area contributed by atoms with Crippen molar-refractivity contribution in [1.29, 1.82) is 0 Å². The van der Waals surface area contributed by atoms with Crippen molar-refractivity contribution in [3.63, 3.8) is 0 Å². The van der Waals surface area contributed by atoms with Crippen molar-refractivity contribution in [3.05, 3.63) is 78.1 Å². The Balaban J connectivity index is 1.63. The third-order valence-corrected chi connectivity index (χ3v) is 7.95. The highest BCUT2D eigenvalue weighted by molar-refractivity contribution is 5.95. The van der Waals surface area contributed by atoms with E-state index in [4.69, 9.17) is 0 Å². The number of nitrogens with one attached hydrogen (secondary N) is 2. The van der Waals surface area contributed by atoms with Gasteiger partial charge in [-0.05, 0) is 91.0 Å². The van der Waals surface area contributed by atoms with Gasteiger partial charge >= 0.3 is 0 Å². The molecule has 0 aliphatic rings. The number of aromatic nitrogens is 2. The molecule has 0 saturated heterocycles. The van der Waals surface area contributed by atoms with Crippen LogP contribution < -0.4 is 10.9 Å². The Morgan fingerprint density at radius 2 is 1.73 bits per heavy atom. The van der Waals surface area contributed by atoms with Crippen LogP contribution in [0.2, 0.25) is 0 Å². The first-order chi connectivity index (χ1) is 20.0. The van der Waals surface area contributed by atoms with Gasteiger partial charge in [0.05, 0.1) is 5.69 Å². The van der Waals surface area contributed by atoms with Crippen molar-refractivity contribution in [2.75, 3.05) is 6.54 Å². The maximum Gasteiger partial charge on any atom is 0.221 e. The molecule has 0 spiro atoms. The first kappa shape index (κ1) is 30.2. The van der Waals surface area contributed by atoms with Crippen LogP contribution in [0.5, 0.6) is 0 Å². The minimum Gasteiger partial charge on any atom is -0.340 e. The first-order valence-corrected chi connectivity index (χ1v) is 15.0. The summed E-state index contributed by atoms with van der Waals surface area (Å²) in [5.41, 5.74) is 14.1. The van der Waals surface area contributed by atoms with E-state index in [0.717, 1.165) is 63.5 Å². The zero-order valence-corrected chi connectivity index (χ0v) is 24.8. The van der Waals surface area contributed by atoms with Crippen molar-refractivity contribution in [1.82, 2.24) is 20.4 Å². The molecule has 2 heterocycles. The molecule has 0 atom stereocenters. The van der Waals surface area contributed by atoms with Crippen LogP contribution in [-0.4, -0.2) is 28.8 Å². The topological polar surface area (TPSA) is 76.0 Å². The smallest absolute Gasteiger partial charge is 0.221 e. The normalized spacial score (nSPS) is 11.6. The van der Waals surface area contributed by atoms with Crippen molar-refractivity contribution >= 4 is 23.6 Å². The summed E-state index contributed by atoms with van der Waals surface area (Å²) in [6.45, 7) is 8.41. The van der Waals surface area contributed by atoms with Gasteiger partial charge in [0, 0.05) is 48.4 Å². The molecular weight excluding hydrogens is 508 g/mol. The lowest BCUT2D eigenvalue weighted by Gasteiger charge is -2.24. The lowest BCUT2D eigenvalue weighted by Crippen LogP contribution is -2.30. The number of carbonyl (C=O) groups excluding carboxylic acids is 2. The molecule has 0 saturated carbocycles. The molecule has 6 nitrogen and oxygen atoms in total. The van der Waals surface area contributed by atoms with Crippen molar-refractivity contribution < 1.29 is 9.59 Å². The van der Waals surface area contributed by atoms with Gasteiger partial charge in [-0.3, -0.25) is 15.2 Å². The van der Waals surface area contributed by atoms with Gasteiger partial charge in [-0.2, -0.15) is 0 Å². The molecule has 0 radical (unpaired) electrons. The Labute approximate surface area is 244 Å². The number of hydrazine groups is 1. The number of nitrogens with zero attached hydrogens (tertiary/aromatic N) is 2. The number of unbranched alkanes of at least 4 members (excludes halogenated alkanes) is 3. The summed E-state index contributed by atoms with van der Waals surface area (Å²) >= 11 is 0. The van der Waals surface area contributed by atoms with Crippen molar-refractivity contribution in [2.45, 2.75) is 78.7 Å². The summed E-state index contributed by atoms with van der Waals surface area (Å²) in [5.74, 6) is 0. The van der Waals surface area contributed by atoms with E-state index in [1.807, 2.05) is 18.5 Å². The summed E-state index contributed by atoms with van der Waals surface area (Å²) in [4.78, 5) is 25.9. The predicted octanol–water partition coefficient (Wildman–Crippen LogP) is 7.29. The van der Waals surface area contributed by atoms with Crippen LogP contribution in [0.25, 0.3) is 33.3 Å². The predicted molar refractivity (Wildman–Crippen MR) is 168 cm³/mol. The Bertz CT molecular complexity index is 1430. The quantitative estimate of drug-likeness (QED) is 0.0819. The second-order valence-corrected chi connectivity index (χ2v) is 11.6. The lowest BCUT2D eigenvalue weighted by molar-refractivity contribution is -0.110. The van der Waals surface area contributed by atoms with Gasteiger partial charge in [0.2, 0.25) is 6.41 Å². The van der Waals surface area contributed by atoms with Gasteiger partial charge in [0.15, 0.2) is 0 Å². The minimum absolute atomic E-state index is 0.0122. The molecule has 4 aromatic rings. The molecule has 2 aromatic heterocycles. The van der Waals surface area contributed by atoms with E-state index >= 15 is 0 Å². The summed E-state index contributed by atoms with van der Waals surface area (Å²) in [5, 5.41) is 1.28. The van der Waals surface area contributed by atoms with E-state index < -0.39 is 0 Å². The van der Waals surface area contributed by atoms with Crippen LogP contribution in [-0.2, 0) is 29.0 Å². The molecule has 0 aliphatic heterocycles. The van der Waals surface area contributed by atoms with Gasteiger partial charge in [-0.15, -0.1) is 0 Å². The fourth-order valence-corrected chi connectivity index (χ4v) is 5.88. The number of fused-ring (bicyclic) bond motifs is 1.